The van der Waals surface area contributed by atoms with Crippen molar-refractivity contribution in [3.8, 4) is 11.8 Å². The molecule has 0 saturated carbocycles. The van der Waals surface area contributed by atoms with Gasteiger partial charge in [0, 0.05) is 11.4 Å². The van der Waals surface area contributed by atoms with E-state index in [0.29, 0.717) is 23.7 Å². The lowest BCUT2D eigenvalue weighted by Gasteiger charge is -2.23. The number of benzene rings is 2. The molecule has 2 atom stereocenters. The third-order valence-corrected chi connectivity index (χ3v) is 4.71. The van der Waals surface area contributed by atoms with E-state index in [9.17, 15) is 18.0 Å². The minimum atomic E-state index is -4.63. The van der Waals surface area contributed by atoms with Crippen LogP contribution in [0.25, 0.3) is 0 Å². The summed E-state index contributed by atoms with van der Waals surface area (Å²) < 4.78 is 51.2. The Hall–Kier alpha value is -3.29. The van der Waals surface area contributed by atoms with Gasteiger partial charge in [0.15, 0.2) is 0 Å². The molecule has 31 heavy (non-hydrogen) atoms. The first kappa shape index (κ1) is 22.4. The van der Waals surface area contributed by atoms with E-state index in [1.807, 2.05) is 0 Å². The van der Waals surface area contributed by atoms with Crippen molar-refractivity contribution in [3.63, 3.8) is 0 Å². The van der Waals surface area contributed by atoms with Crippen molar-refractivity contribution < 1.29 is 32.5 Å². The van der Waals surface area contributed by atoms with E-state index in [0.717, 1.165) is 12.1 Å². The van der Waals surface area contributed by atoms with E-state index in [2.05, 4.69) is 5.32 Å². The molecule has 0 aliphatic carbocycles. The zero-order valence-electron chi connectivity index (χ0n) is 16.5. The highest BCUT2D eigenvalue weighted by molar-refractivity contribution is 5.91. The molecule has 1 fully saturated rings. The summed E-state index contributed by atoms with van der Waals surface area (Å²) in [6, 6.07) is 11.7. The summed E-state index contributed by atoms with van der Waals surface area (Å²) in [5, 5.41) is 20.2. The number of halogens is 3. The Balaban J connectivity index is 1.63. The quantitative estimate of drug-likeness (QED) is 0.724. The SMILES string of the molecule is C[C@H]1O[C@H](COc2ccc(NC(=O)CO)cc2)CN1c1ccc(C#N)c(C(F)(F)F)c1. The maximum atomic E-state index is 13.2. The molecule has 1 heterocycles. The smallest absolute Gasteiger partial charge is 0.417 e. The van der Waals surface area contributed by atoms with Crippen LogP contribution in [0.5, 0.6) is 5.75 Å². The highest BCUT2D eigenvalue weighted by atomic mass is 19.4. The number of hydrogen-bond acceptors (Lipinski definition) is 6. The highest BCUT2D eigenvalue weighted by Gasteiger charge is 2.36. The lowest BCUT2D eigenvalue weighted by molar-refractivity contribution is -0.137. The van der Waals surface area contributed by atoms with Gasteiger partial charge in [0.2, 0.25) is 5.91 Å². The van der Waals surface area contributed by atoms with E-state index in [1.165, 1.54) is 6.07 Å². The zero-order valence-corrected chi connectivity index (χ0v) is 16.5. The largest absolute Gasteiger partial charge is 0.491 e. The number of anilines is 2. The second kappa shape index (κ2) is 9.24. The van der Waals surface area contributed by atoms with Crippen LogP contribution in [0, 0.1) is 11.3 Å². The molecule has 7 nitrogen and oxygen atoms in total. The lowest BCUT2D eigenvalue weighted by atomic mass is 10.1. The summed E-state index contributed by atoms with van der Waals surface area (Å²) in [6.45, 7) is 1.60. The van der Waals surface area contributed by atoms with Crippen LogP contribution in [0.3, 0.4) is 0 Å². The third-order valence-electron chi connectivity index (χ3n) is 4.71. The van der Waals surface area contributed by atoms with E-state index < -0.39 is 36.0 Å². The molecular formula is C21H20F3N3O4. The van der Waals surface area contributed by atoms with E-state index in [4.69, 9.17) is 19.8 Å². The van der Waals surface area contributed by atoms with Crippen LogP contribution in [0.4, 0.5) is 24.5 Å². The van der Waals surface area contributed by atoms with Crippen LogP contribution < -0.4 is 15.0 Å². The van der Waals surface area contributed by atoms with Gasteiger partial charge in [-0.2, -0.15) is 18.4 Å². The zero-order chi connectivity index (χ0) is 22.6. The van der Waals surface area contributed by atoms with Crippen molar-refractivity contribution in [2.45, 2.75) is 25.4 Å². The number of ether oxygens (including phenoxy) is 2. The molecule has 164 valence electrons. The topological polar surface area (TPSA) is 94.8 Å². The van der Waals surface area contributed by atoms with Crippen LogP contribution >= 0.6 is 0 Å². The summed E-state index contributed by atoms with van der Waals surface area (Å²) in [5.41, 5.74) is -0.592. The van der Waals surface area contributed by atoms with Gasteiger partial charge in [-0.15, -0.1) is 0 Å². The van der Waals surface area contributed by atoms with Gasteiger partial charge >= 0.3 is 6.18 Å². The number of aliphatic hydroxyl groups is 1. The summed E-state index contributed by atoms with van der Waals surface area (Å²) in [5.74, 6) is -0.00647. The van der Waals surface area contributed by atoms with Crippen molar-refractivity contribution in [2.75, 3.05) is 30.0 Å². The maximum Gasteiger partial charge on any atom is 0.417 e. The average molecular weight is 435 g/mol. The standard InChI is InChI=1S/C21H20F3N3O4/c1-13-27(16-5-2-14(9-25)19(8-16)21(22,23)24)10-18(31-13)12-30-17-6-3-15(4-7-17)26-20(29)11-28/h2-8,13,18,28H,10-12H2,1H3,(H,26,29)/t13-,18+/m1/s1. The molecule has 0 unspecified atom stereocenters. The predicted molar refractivity (Wildman–Crippen MR) is 105 cm³/mol. The first-order valence-corrected chi connectivity index (χ1v) is 9.38. The fourth-order valence-electron chi connectivity index (χ4n) is 3.24. The molecule has 0 aromatic heterocycles. The molecule has 1 aliphatic heterocycles. The van der Waals surface area contributed by atoms with Crippen LogP contribution in [0.1, 0.15) is 18.1 Å². The van der Waals surface area contributed by atoms with Gasteiger partial charge in [0.25, 0.3) is 0 Å². The van der Waals surface area contributed by atoms with Crippen molar-refractivity contribution in [3.05, 3.63) is 53.6 Å². The van der Waals surface area contributed by atoms with Crippen molar-refractivity contribution >= 4 is 17.3 Å². The molecule has 2 aromatic rings. The summed E-state index contributed by atoms with van der Waals surface area (Å²) in [7, 11) is 0. The Labute approximate surface area is 176 Å². The Morgan fingerprint density at radius 3 is 2.65 bits per heavy atom. The summed E-state index contributed by atoms with van der Waals surface area (Å²) in [4.78, 5) is 12.8. The van der Waals surface area contributed by atoms with E-state index in [-0.39, 0.29) is 12.7 Å². The van der Waals surface area contributed by atoms with Crippen molar-refractivity contribution in [1.82, 2.24) is 0 Å². The van der Waals surface area contributed by atoms with E-state index in [1.54, 1.807) is 42.2 Å². The van der Waals surface area contributed by atoms with Crippen LogP contribution in [0.15, 0.2) is 42.5 Å². The fraction of sp³-hybridized carbons (Fsp3) is 0.333. The molecule has 1 aliphatic rings. The van der Waals surface area contributed by atoms with Gasteiger partial charge in [-0.05, 0) is 49.4 Å². The fourth-order valence-corrected chi connectivity index (χ4v) is 3.24. The molecule has 1 saturated heterocycles. The minimum absolute atomic E-state index is 0.172. The van der Waals surface area contributed by atoms with Gasteiger partial charge in [0.1, 0.15) is 31.3 Å². The van der Waals surface area contributed by atoms with Crippen molar-refractivity contribution in [2.24, 2.45) is 0 Å². The summed E-state index contributed by atoms with van der Waals surface area (Å²) in [6.07, 6.45) is -5.48. The molecule has 10 heteroatoms. The first-order chi connectivity index (χ1) is 14.7. The molecule has 2 aromatic carbocycles. The molecular weight excluding hydrogens is 415 g/mol. The number of carbonyl (C=O) groups excluding carboxylic acids is 1. The number of alkyl halides is 3. The Bertz CT molecular complexity index is 973. The molecule has 1 amide bonds. The summed E-state index contributed by atoms with van der Waals surface area (Å²) >= 11 is 0. The molecule has 0 spiro atoms. The minimum Gasteiger partial charge on any atom is -0.491 e. The lowest BCUT2D eigenvalue weighted by Crippen LogP contribution is -2.28. The van der Waals surface area contributed by atoms with Crippen LogP contribution in [-0.4, -0.2) is 43.1 Å². The average Bonchev–Trinajstić information content (AvgIpc) is 3.12. The van der Waals surface area contributed by atoms with Gasteiger partial charge in [-0.1, -0.05) is 0 Å². The van der Waals surface area contributed by atoms with Gasteiger partial charge in [-0.25, -0.2) is 0 Å². The first-order valence-electron chi connectivity index (χ1n) is 9.38. The Morgan fingerprint density at radius 2 is 2.03 bits per heavy atom. The normalized spacial score (nSPS) is 18.5. The predicted octanol–water partition coefficient (Wildman–Crippen LogP) is 3.14. The third kappa shape index (κ3) is 5.45. The number of carbonyl (C=O) groups is 1. The van der Waals surface area contributed by atoms with Gasteiger partial charge in [0.05, 0.1) is 23.7 Å². The number of hydrogen-bond donors (Lipinski definition) is 2. The number of nitrogens with one attached hydrogen (secondary N) is 1. The molecule has 3 rings (SSSR count). The Morgan fingerprint density at radius 1 is 1.32 bits per heavy atom. The second-order valence-corrected chi connectivity index (χ2v) is 6.89. The van der Waals surface area contributed by atoms with Crippen LogP contribution in [-0.2, 0) is 15.7 Å². The number of aliphatic hydroxyl groups excluding tert-OH is 1. The Kier molecular flexibility index (Phi) is 6.68. The molecule has 2 N–H and O–H groups in total. The van der Waals surface area contributed by atoms with E-state index >= 15 is 0 Å². The van der Waals surface area contributed by atoms with Gasteiger partial charge in [-0.3, -0.25) is 4.79 Å². The molecule has 0 radical (unpaired) electrons. The number of amides is 1. The molecule has 0 bridgehead atoms. The van der Waals surface area contributed by atoms with Gasteiger partial charge < -0.3 is 24.8 Å². The van der Waals surface area contributed by atoms with Crippen LogP contribution in [0.2, 0.25) is 0 Å². The number of nitriles is 1. The van der Waals surface area contributed by atoms with Crippen molar-refractivity contribution in [1.29, 1.82) is 5.26 Å². The second-order valence-electron chi connectivity index (χ2n) is 6.89. The maximum absolute atomic E-state index is 13.2. The number of rotatable bonds is 6. The monoisotopic (exact) mass is 435 g/mol. The number of nitrogens with zero attached hydrogens (tertiary/aromatic N) is 2. The highest BCUT2D eigenvalue weighted by Crippen LogP contribution is 2.36.